The number of aryl methyl sites for hydroxylation is 1. The predicted molar refractivity (Wildman–Crippen MR) is 120 cm³/mol. The first-order chi connectivity index (χ1) is 14.6. The molecule has 0 bridgehead atoms. The van der Waals surface area contributed by atoms with Gasteiger partial charge in [0.2, 0.25) is 5.91 Å². The molecule has 1 aliphatic heterocycles. The number of guanidine groups is 1. The van der Waals surface area contributed by atoms with E-state index >= 15 is 0 Å². The van der Waals surface area contributed by atoms with Gasteiger partial charge in [0, 0.05) is 25.2 Å². The van der Waals surface area contributed by atoms with Gasteiger partial charge in [-0.25, -0.2) is 4.99 Å². The van der Waals surface area contributed by atoms with Crippen molar-refractivity contribution >= 4 is 17.6 Å². The van der Waals surface area contributed by atoms with E-state index in [1.807, 2.05) is 54.3 Å². The van der Waals surface area contributed by atoms with Crippen molar-refractivity contribution in [1.82, 2.24) is 10.6 Å². The van der Waals surface area contributed by atoms with E-state index < -0.39 is 5.60 Å². The lowest BCUT2D eigenvalue weighted by molar-refractivity contribution is -0.117. The van der Waals surface area contributed by atoms with Crippen molar-refractivity contribution in [2.75, 3.05) is 24.5 Å². The number of nitrogens with zero attached hydrogens (tertiary/aromatic N) is 2. The molecule has 6 nitrogen and oxygen atoms in total. The lowest BCUT2D eigenvalue weighted by Gasteiger charge is -2.25. The Kier molecular flexibility index (Phi) is 6.04. The van der Waals surface area contributed by atoms with Crippen LogP contribution in [0.25, 0.3) is 0 Å². The summed E-state index contributed by atoms with van der Waals surface area (Å²) in [6, 6.07) is 16.1. The van der Waals surface area contributed by atoms with Gasteiger partial charge < -0.3 is 20.6 Å². The Labute approximate surface area is 178 Å². The Morgan fingerprint density at radius 2 is 1.93 bits per heavy atom. The van der Waals surface area contributed by atoms with Gasteiger partial charge in [-0.1, -0.05) is 36.4 Å². The molecular formula is C24H30N4O2. The minimum absolute atomic E-state index is 0.200. The molecule has 3 N–H and O–H groups in total. The van der Waals surface area contributed by atoms with E-state index in [0.717, 1.165) is 49.2 Å². The topological polar surface area (TPSA) is 77.0 Å². The molecule has 1 unspecified atom stereocenters. The van der Waals surface area contributed by atoms with E-state index in [1.165, 1.54) is 5.56 Å². The van der Waals surface area contributed by atoms with Crippen molar-refractivity contribution in [1.29, 1.82) is 0 Å². The summed E-state index contributed by atoms with van der Waals surface area (Å²) in [5.41, 5.74) is 3.40. The molecule has 30 heavy (non-hydrogen) atoms. The third-order valence-corrected chi connectivity index (χ3v) is 5.96. The minimum Gasteiger partial charge on any atom is -0.383 e. The van der Waals surface area contributed by atoms with Crippen LogP contribution in [-0.4, -0.2) is 36.6 Å². The molecule has 2 aromatic rings. The van der Waals surface area contributed by atoms with Gasteiger partial charge in [-0.15, -0.1) is 0 Å². The number of anilines is 1. The minimum atomic E-state index is -0.864. The quantitative estimate of drug-likeness (QED) is 0.509. The van der Waals surface area contributed by atoms with Crippen LogP contribution in [0.1, 0.15) is 42.9 Å². The van der Waals surface area contributed by atoms with Gasteiger partial charge in [0.25, 0.3) is 0 Å². The van der Waals surface area contributed by atoms with Crippen molar-refractivity contribution in [3.8, 4) is 0 Å². The van der Waals surface area contributed by atoms with Crippen LogP contribution in [0.3, 0.4) is 0 Å². The zero-order chi connectivity index (χ0) is 21.0. The third-order valence-electron chi connectivity index (χ3n) is 5.96. The molecule has 0 radical (unpaired) electrons. The fraction of sp³-hybridized carbons (Fsp3) is 0.417. The molecular weight excluding hydrogens is 376 g/mol. The Balaban J connectivity index is 1.39. The van der Waals surface area contributed by atoms with Crippen LogP contribution in [0.15, 0.2) is 53.5 Å². The maximum absolute atomic E-state index is 11.9. The van der Waals surface area contributed by atoms with Gasteiger partial charge in [-0.05, 0) is 55.0 Å². The molecule has 1 saturated heterocycles. The van der Waals surface area contributed by atoms with E-state index in [9.17, 15) is 9.90 Å². The average Bonchev–Trinajstić information content (AvgIpc) is 3.35. The van der Waals surface area contributed by atoms with E-state index in [4.69, 9.17) is 0 Å². The Morgan fingerprint density at radius 3 is 2.67 bits per heavy atom. The van der Waals surface area contributed by atoms with Crippen molar-refractivity contribution in [2.45, 2.75) is 44.8 Å². The summed E-state index contributed by atoms with van der Waals surface area (Å²) in [4.78, 5) is 18.4. The first-order valence-electron chi connectivity index (χ1n) is 10.8. The zero-order valence-corrected chi connectivity index (χ0v) is 17.5. The van der Waals surface area contributed by atoms with Gasteiger partial charge in [-0.3, -0.25) is 4.79 Å². The molecule has 4 rings (SSSR count). The second-order valence-corrected chi connectivity index (χ2v) is 8.05. The highest BCUT2D eigenvalue weighted by Gasteiger charge is 2.36. The fourth-order valence-electron chi connectivity index (χ4n) is 4.30. The number of aliphatic imine (C=N–C) groups is 1. The first-order valence-corrected chi connectivity index (χ1v) is 10.8. The number of aliphatic hydroxyl groups is 1. The second kappa shape index (κ2) is 8.88. The number of rotatable bonds is 6. The van der Waals surface area contributed by atoms with Crippen molar-refractivity contribution in [2.24, 2.45) is 4.99 Å². The van der Waals surface area contributed by atoms with Gasteiger partial charge in [-0.2, -0.15) is 0 Å². The molecule has 0 spiro atoms. The molecule has 2 aliphatic rings. The maximum atomic E-state index is 11.9. The summed E-state index contributed by atoms with van der Waals surface area (Å²) in [6.07, 6.45) is 3.18. The lowest BCUT2D eigenvalue weighted by Crippen LogP contribution is -2.45. The van der Waals surface area contributed by atoms with Crippen LogP contribution in [-0.2, 0) is 23.4 Å². The van der Waals surface area contributed by atoms with Crippen LogP contribution in [0, 0.1) is 0 Å². The summed E-state index contributed by atoms with van der Waals surface area (Å²) in [7, 11) is 0. The third kappa shape index (κ3) is 4.33. The number of amides is 1. The Morgan fingerprint density at radius 1 is 1.13 bits per heavy atom. The number of carbonyl (C=O) groups is 1. The van der Waals surface area contributed by atoms with E-state index in [1.54, 1.807) is 0 Å². The predicted octanol–water partition coefficient (Wildman–Crippen LogP) is 2.70. The van der Waals surface area contributed by atoms with E-state index in [2.05, 4.69) is 21.7 Å². The summed E-state index contributed by atoms with van der Waals surface area (Å²) in [5, 5.41) is 17.7. The fourth-order valence-corrected chi connectivity index (χ4v) is 4.30. The van der Waals surface area contributed by atoms with Crippen LogP contribution in [0.5, 0.6) is 0 Å². The molecule has 2 aromatic carbocycles. The molecule has 6 heteroatoms. The summed E-state index contributed by atoms with van der Waals surface area (Å²) >= 11 is 0. The highest BCUT2D eigenvalue weighted by atomic mass is 16.3. The van der Waals surface area contributed by atoms with E-state index in [-0.39, 0.29) is 5.91 Å². The second-order valence-electron chi connectivity index (χ2n) is 8.05. The highest BCUT2D eigenvalue weighted by molar-refractivity contribution is 5.95. The summed E-state index contributed by atoms with van der Waals surface area (Å²) in [6.45, 7) is 4.52. The van der Waals surface area contributed by atoms with Crippen LogP contribution >= 0.6 is 0 Å². The molecule has 1 aliphatic carbocycles. The Hall–Kier alpha value is -2.86. The maximum Gasteiger partial charge on any atom is 0.227 e. The number of benzene rings is 2. The Bertz CT molecular complexity index is 925. The van der Waals surface area contributed by atoms with E-state index in [0.29, 0.717) is 25.5 Å². The molecule has 1 fully saturated rings. The number of fused-ring (bicyclic) bond motifs is 1. The highest BCUT2D eigenvalue weighted by Crippen LogP contribution is 2.36. The number of hydrogen-bond acceptors (Lipinski definition) is 3. The van der Waals surface area contributed by atoms with Gasteiger partial charge in [0.1, 0.15) is 5.60 Å². The smallest absolute Gasteiger partial charge is 0.227 e. The monoisotopic (exact) mass is 406 g/mol. The molecule has 1 amide bonds. The number of carbonyl (C=O) groups excluding carboxylic acids is 1. The first kappa shape index (κ1) is 20.4. The largest absolute Gasteiger partial charge is 0.383 e. The zero-order valence-electron chi connectivity index (χ0n) is 17.5. The molecule has 1 atom stereocenters. The molecule has 158 valence electrons. The van der Waals surface area contributed by atoms with Gasteiger partial charge >= 0.3 is 0 Å². The van der Waals surface area contributed by atoms with Crippen LogP contribution in [0.4, 0.5) is 5.69 Å². The molecule has 1 heterocycles. The number of nitrogens with one attached hydrogen (secondary N) is 2. The lowest BCUT2D eigenvalue weighted by atomic mass is 9.96. The van der Waals surface area contributed by atoms with Gasteiger partial charge in [0.05, 0.1) is 13.1 Å². The molecule has 0 saturated carbocycles. The van der Waals surface area contributed by atoms with Crippen LogP contribution in [0.2, 0.25) is 0 Å². The summed E-state index contributed by atoms with van der Waals surface area (Å²) in [5.74, 6) is 0.889. The standard InChI is InChI=1S/C24H30N4O2/c1-2-25-23(27-17-24(30)14-13-19-6-3-4-7-21(19)24)26-16-18-9-11-20(12-10-18)28-15-5-8-22(28)29/h3-4,6-7,9-12,30H,2,5,8,13-17H2,1H3,(H2,25,26,27). The average molecular weight is 407 g/mol. The van der Waals surface area contributed by atoms with Gasteiger partial charge in [0.15, 0.2) is 5.96 Å². The normalized spacial score (nSPS) is 21.1. The summed E-state index contributed by atoms with van der Waals surface area (Å²) < 4.78 is 0. The molecule has 0 aromatic heterocycles. The van der Waals surface area contributed by atoms with Crippen molar-refractivity contribution < 1.29 is 9.90 Å². The number of hydrogen-bond donors (Lipinski definition) is 3. The van der Waals surface area contributed by atoms with Crippen LogP contribution < -0.4 is 15.5 Å². The van der Waals surface area contributed by atoms with Crippen molar-refractivity contribution in [3.05, 3.63) is 65.2 Å². The van der Waals surface area contributed by atoms with Crippen molar-refractivity contribution in [3.63, 3.8) is 0 Å². The SMILES string of the molecule is CCNC(=NCc1ccc(N2CCCC2=O)cc1)NCC1(O)CCc2ccccc21.